The van der Waals surface area contributed by atoms with Gasteiger partial charge < -0.3 is 14.7 Å². The molecule has 0 aliphatic carbocycles. The summed E-state index contributed by atoms with van der Waals surface area (Å²) in [7, 11) is 1.33. The number of ether oxygens (including phenoxy) is 1. The highest BCUT2D eigenvalue weighted by Crippen LogP contribution is 2.36. The van der Waals surface area contributed by atoms with Crippen LogP contribution in [0.15, 0.2) is 30.3 Å². The third-order valence-corrected chi connectivity index (χ3v) is 6.01. The van der Waals surface area contributed by atoms with Gasteiger partial charge in [0.1, 0.15) is 12.1 Å². The van der Waals surface area contributed by atoms with Crippen LogP contribution in [0.4, 0.5) is 0 Å². The molecule has 33 heavy (non-hydrogen) atoms. The van der Waals surface area contributed by atoms with Crippen LogP contribution in [0.3, 0.4) is 0 Å². The molecule has 184 valence electrons. The molecule has 1 aliphatic heterocycles. The molecule has 7 nitrogen and oxygen atoms in total. The average Bonchev–Trinajstić information content (AvgIpc) is 2.93. The van der Waals surface area contributed by atoms with Gasteiger partial charge in [-0.15, -0.1) is 0 Å². The van der Waals surface area contributed by atoms with Crippen LogP contribution in [0, 0.1) is 10.8 Å². The number of amides is 1. The molecule has 0 aromatic heterocycles. The number of esters is 1. The number of benzene rings is 1. The maximum Gasteiger partial charge on any atom is 0.328 e. The van der Waals surface area contributed by atoms with E-state index < -0.39 is 30.2 Å². The summed E-state index contributed by atoms with van der Waals surface area (Å²) in [5.74, 6) is -1.83. The van der Waals surface area contributed by atoms with Crippen molar-refractivity contribution in [2.75, 3.05) is 13.7 Å². The maximum atomic E-state index is 13.7. The van der Waals surface area contributed by atoms with Crippen LogP contribution in [-0.4, -0.2) is 64.7 Å². The third kappa shape index (κ3) is 7.56. The van der Waals surface area contributed by atoms with Gasteiger partial charge in [-0.1, -0.05) is 71.9 Å². The predicted octanol–water partition coefficient (Wildman–Crippen LogP) is 3.96. The van der Waals surface area contributed by atoms with E-state index in [0.717, 1.165) is 12.0 Å². The fraction of sp³-hybridized carbons (Fsp3) is 0.654. The number of hydrogen-bond donors (Lipinski definition) is 1. The minimum Gasteiger partial charge on any atom is -0.481 e. The SMILES string of the molecule is COC(=O)C(Cc1ccccc1)N1C(=O)C(CC(=O)O)N(CCC(C)(C)C)C1CC(C)(C)C. The topological polar surface area (TPSA) is 87.1 Å². The smallest absolute Gasteiger partial charge is 0.328 e. The Morgan fingerprint density at radius 3 is 2.15 bits per heavy atom. The Balaban J connectivity index is 2.54. The number of carbonyl (C=O) groups excluding carboxylic acids is 2. The van der Waals surface area contributed by atoms with Crippen molar-refractivity contribution in [3.63, 3.8) is 0 Å². The Bertz CT molecular complexity index is 825. The van der Waals surface area contributed by atoms with Crippen LogP contribution in [0.5, 0.6) is 0 Å². The molecule has 1 aliphatic rings. The van der Waals surface area contributed by atoms with Crippen molar-refractivity contribution in [3.05, 3.63) is 35.9 Å². The number of carboxylic acid groups (broad SMARTS) is 1. The van der Waals surface area contributed by atoms with Crippen LogP contribution in [0.1, 0.15) is 66.4 Å². The first-order valence-corrected chi connectivity index (χ1v) is 11.6. The summed E-state index contributed by atoms with van der Waals surface area (Å²) in [6, 6.07) is 7.89. The molecule has 1 N–H and O–H groups in total. The number of carbonyl (C=O) groups is 3. The molecule has 0 spiro atoms. The molecule has 0 saturated carbocycles. The molecule has 3 unspecified atom stereocenters. The first-order valence-electron chi connectivity index (χ1n) is 11.6. The fourth-order valence-corrected chi connectivity index (χ4v) is 4.36. The number of nitrogens with zero attached hydrogens (tertiary/aromatic N) is 2. The van der Waals surface area contributed by atoms with Gasteiger partial charge in [0.05, 0.1) is 19.7 Å². The molecule has 3 atom stereocenters. The van der Waals surface area contributed by atoms with Crippen molar-refractivity contribution in [2.24, 2.45) is 10.8 Å². The molecule has 0 bridgehead atoms. The third-order valence-electron chi connectivity index (χ3n) is 6.01. The first-order chi connectivity index (χ1) is 15.2. The van der Waals surface area contributed by atoms with E-state index in [1.54, 1.807) is 4.90 Å². The minimum absolute atomic E-state index is 0.0162. The number of hydrogen-bond acceptors (Lipinski definition) is 5. The van der Waals surface area contributed by atoms with Gasteiger partial charge in [-0.2, -0.15) is 0 Å². The van der Waals surface area contributed by atoms with Crippen LogP contribution in [0.2, 0.25) is 0 Å². The highest BCUT2D eigenvalue weighted by atomic mass is 16.5. The molecule has 0 radical (unpaired) electrons. The summed E-state index contributed by atoms with van der Waals surface area (Å²) in [4.78, 5) is 42.0. The lowest BCUT2D eigenvalue weighted by atomic mass is 9.88. The van der Waals surface area contributed by atoms with Gasteiger partial charge in [0.15, 0.2) is 0 Å². The Hall–Kier alpha value is -2.41. The molecule has 1 aromatic carbocycles. The van der Waals surface area contributed by atoms with Crippen LogP contribution >= 0.6 is 0 Å². The summed E-state index contributed by atoms with van der Waals surface area (Å²) in [5.41, 5.74) is 0.787. The largest absolute Gasteiger partial charge is 0.481 e. The van der Waals surface area contributed by atoms with E-state index in [4.69, 9.17) is 4.74 Å². The highest BCUT2D eigenvalue weighted by Gasteiger charge is 2.51. The van der Waals surface area contributed by atoms with Crippen molar-refractivity contribution in [1.29, 1.82) is 0 Å². The lowest BCUT2D eigenvalue weighted by molar-refractivity contribution is -0.153. The van der Waals surface area contributed by atoms with E-state index in [2.05, 4.69) is 41.5 Å². The van der Waals surface area contributed by atoms with Gasteiger partial charge in [-0.3, -0.25) is 14.5 Å². The number of aliphatic carboxylic acids is 1. The monoisotopic (exact) mass is 460 g/mol. The summed E-state index contributed by atoms with van der Waals surface area (Å²) in [6.45, 7) is 13.2. The zero-order valence-electron chi connectivity index (χ0n) is 21.1. The summed E-state index contributed by atoms with van der Waals surface area (Å²) < 4.78 is 5.12. The second kappa shape index (κ2) is 10.7. The van der Waals surface area contributed by atoms with Gasteiger partial charge >= 0.3 is 11.9 Å². The van der Waals surface area contributed by atoms with Crippen molar-refractivity contribution in [1.82, 2.24) is 9.80 Å². The van der Waals surface area contributed by atoms with E-state index >= 15 is 0 Å². The number of carboxylic acids is 1. The number of rotatable bonds is 9. The Labute approximate surface area is 198 Å². The lowest BCUT2D eigenvalue weighted by Crippen LogP contribution is -2.52. The average molecular weight is 461 g/mol. The van der Waals surface area contributed by atoms with Gasteiger partial charge in [-0.05, 0) is 29.2 Å². The molecule has 1 heterocycles. The molecule has 2 rings (SSSR count). The summed E-state index contributed by atoms with van der Waals surface area (Å²) in [6.07, 6.45) is 1.04. The molecular weight excluding hydrogens is 420 g/mol. The molecule has 1 saturated heterocycles. The van der Waals surface area contributed by atoms with Gasteiger partial charge in [0.2, 0.25) is 5.91 Å². The normalized spacial score (nSPS) is 20.7. The summed E-state index contributed by atoms with van der Waals surface area (Å²) in [5, 5.41) is 9.58. The van der Waals surface area contributed by atoms with E-state index in [1.165, 1.54) is 7.11 Å². The van der Waals surface area contributed by atoms with Crippen molar-refractivity contribution in [2.45, 2.75) is 85.5 Å². The first kappa shape index (κ1) is 26.8. The second-order valence-electron chi connectivity index (χ2n) is 11.4. The Kier molecular flexibility index (Phi) is 8.69. The highest BCUT2D eigenvalue weighted by molar-refractivity contribution is 5.92. The van der Waals surface area contributed by atoms with Gasteiger partial charge in [0.25, 0.3) is 0 Å². The second-order valence-corrected chi connectivity index (χ2v) is 11.4. The van der Waals surface area contributed by atoms with Crippen molar-refractivity contribution >= 4 is 17.8 Å². The fourth-order valence-electron chi connectivity index (χ4n) is 4.36. The molecule has 1 fully saturated rings. The van der Waals surface area contributed by atoms with E-state index in [9.17, 15) is 19.5 Å². The standard InChI is InChI=1S/C26H40N2O5/c1-25(2,3)13-14-27-19(16-22(29)30)23(31)28(21(27)17-26(4,5)6)20(24(32)33-7)15-18-11-9-8-10-12-18/h8-12,19-21H,13-17H2,1-7H3,(H,29,30). The van der Waals surface area contributed by atoms with Crippen molar-refractivity contribution < 1.29 is 24.2 Å². The minimum atomic E-state index is -1.02. The zero-order valence-corrected chi connectivity index (χ0v) is 21.1. The van der Waals surface area contributed by atoms with E-state index in [-0.39, 0.29) is 23.2 Å². The molecule has 7 heteroatoms. The van der Waals surface area contributed by atoms with Gasteiger partial charge in [-0.25, -0.2) is 4.79 Å². The Morgan fingerprint density at radius 2 is 1.67 bits per heavy atom. The van der Waals surface area contributed by atoms with E-state index in [1.807, 2.05) is 35.2 Å². The van der Waals surface area contributed by atoms with E-state index in [0.29, 0.717) is 19.4 Å². The molecule has 1 aromatic rings. The summed E-state index contributed by atoms with van der Waals surface area (Å²) >= 11 is 0. The van der Waals surface area contributed by atoms with Crippen LogP contribution in [-0.2, 0) is 25.5 Å². The quantitative estimate of drug-likeness (QED) is 0.562. The maximum absolute atomic E-state index is 13.7. The zero-order chi connectivity index (χ0) is 25.0. The number of methoxy groups -OCH3 is 1. The molecule has 1 amide bonds. The lowest BCUT2D eigenvalue weighted by Gasteiger charge is -2.39. The predicted molar refractivity (Wildman–Crippen MR) is 127 cm³/mol. The van der Waals surface area contributed by atoms with Gasteiger partial charge in [0, 0.05) is 13.0 Å². The Morgan fingerprint density at radius 1 is 1.06 bits per heavy atom. The molecular formula is C26H40N2O5. The van der Waals surface area contributed by atoms with Crippen LogP contribution < -0.4 is 0 Å². The van der Waals surface area contributed by atoms with Crippen molar-refractivity contribution in [3.8, 4) is 0 Å². The van der Waals surface area contributed by atoms with Crippen LogP contribution in [0.25, 0.3) is 0 Å².